The van der Waals surface area contributed by atoms with Gasteiger partial charge in [0.05, 0.1) is 6.20 Å². The van der Waals surface area contributed by atoms with Crippen molar-refractivity contribution in [2.45, 2.75) is 27.7 Å². The number of aromatic nitrogens is 2. The standard InChI is InChI=1S/C12H21ClN4/c1-8(2)6-17(7-9(3)4)11-10(13)5-15-12(14)16-11/h5,8-9H,6-7H2,1-4H3,(H2,14,15,16). The summed E-state index contributed by atoms with van der Waals surface area (Å²) < 4.78 is 0. The molecule has 0 atom stereocenters. The second kappa shape index (κ2) is 6.05. The summed E-state index contributed by atoms with van der Waals surface area (Å²) in [5.74, 6) is 2.09. The number of nitrogens with two attached hydrogens (primary N) is 1. The van der Waals surface area contributed by atoms with Crippen LogP contribution in [-0.4, -0.2) is 23.1 Å². The molecule has 2 N–H and O–H groups in total. The van der Waals surface area contributed by atoms with Gasteiger partial charge in [-0.2, -0.15) is 4.98 Å². The van der Waals surface area contributed by atoms with Crippen molar-refractivity contribution in [3.63, 3.8) is 0 Å². The minimum absolute atomic E-state index is 0.266. The second-order valence-corrected chi connectivity index (χ2v) is 5.50. The van der Waals surface area contributed by atoms with Crippen molar-refractivity contribution >= 4 is 23.4 Å². The van der Waals surface area contributed by atoms with Gasteiger partial charge in [0.1, 0.15) is 5.02 Å². The Morgan fingerprint density at radius 1 is 1.24 bits per heavy atom. The molecule has 0 fully saturated rings. The third-order valence-electron chi connectivity index (χ3n) is 2.21. The van der Waals surface area contributed by atoms with Crippen LogP contribution in [0.2, 0.25) is 5.02 Å². The molecule has 0 radical (unpaired) electrons. The number of nitrogen functional groups attached to an aromatic ring is 1. The van der Waals surface area contributed by atoms with Gasteiger partial charge in [0, 0.05) is 13.1 Å². The van der Waals surface area contributed by atoms with E-state index in [9.17, 15) is 0 Å². The molecular formula is C12H21ClN4. The number of nitrogens with zero attached hydrogens (tertiary/aromatic N) is 3. The maximum absolute atomic E-state index is 6.14. The highest BCUT2D eigenvalue weighted by Gasteiger charge is 2.15. The van der Waals surface area contributed by atoms with Crippen LogP contribution in [0.4, 0.5) is 11.8 Å². The monoisotopic (exact) mass is 256 g/mol. The summed E-state index contributed by atoms with van der Waals surface area (Å²) in [6.07, 6.45) is 1.56. The molecule has 0 amide bonds. The van der Waals surface area contributed by atoms with Crippen LogP contribution in [-0.2, 0) is 0 Å². The first-order valence-electron chi connectivity index (χ1n) is 5.93. The molecule has 17 heavy (non-hydrogen) atoms. The van der Waals surface area contributed by atoms with Gasteiger partial charge in [-0.15, -0.1) is 0 Å². The number of hydrogen-bond donors (Lipinski definition) is 1. The highest BCUT2D eigenvalue weighted by Crippen LogP contribution is 2.24. The third-order valence-corrected chi connectivity index (χ3v) is 2.48. The Bertz CT molecular complexity index is 356. The summed E-state index contributed by atoms with van der Waals surface area (Å²) in [6.45, 7) is 10.5. The summed E-state index contributed by atoms with van der Waals surface area (Å²) in [7, 11) is 0. The van der Waals surface area contributed by atoms with E-state index >= 15 is 0 Å². The summed E-state index contributed by atoms with van der Waals surface area (Å²) in [5.41, 5.74) is 5.62. The van der Waals surface area contributed by atoms with Crippen LogP contribution in [0.15, 0.2) is 6.20 Å². The summed E-state index contributed by atoms with van der Waals surface area (Å²) in [4.78, 5) is 10.3. The molecule has 1 heterocycles. The van der Waals surface area contributed by atoms with Gasteiger partial charge in [0.2, 0.25) is 5.95 Å². The SMILES string of the molecule is CC(C)CN(CC(C)C)c1nc(N)ncc1Cl. The van der Waals surface area contributed by atoms with Gasteiger partial charge in [-0.05, 0) is 11.8 Å². The van der Waals surface area contributed by atoms with E-state index in [0.29, 0.717) is 16.9 Å². The Hall–Kier alpha value is -1.03. The first-order valence-corrected chi connectivity index (χ1v) is 6.31. The largest absolute Gasteiger partial charge is 0.368 e. The Labute approximate surface area is 108 Å². The average molecular weight is 257 g/mol. The van der Waals surface area contributed by atoms with Crippen LogP contribution in [0.5, 0.6) is 0 Å². The fourth-order valence-electron chi connectivity index (χ4n) is 1.72. The van der Waals surface area contributed by atoms with Crippen molar-refractivity contribution in [1.29, 1.82) is 0 Å². The molecule has 0 unspecified atom stereocenters. The van der Waals surface area contributed by atoms with Crippen LogP contribution in [0.1, 0.15) is 27.7 Å². The quantitative estimate of drug-likeness (QED) is 0.880. The number of halogens is 1. The zero-order chi connectivity index (χ0) is 13.0. The van der Waals surface area contributed by atoms with E-state index in [1.54, 1.807) is 6.20 Å². The average Bonchev–Trinajstić information content (AvgIpc) is 2.19. The highest BCUT2D eigenvalue weighted by atomic mass is 35.5. The van der Waals surface area contributed by atoms with Gasteiger partial charge in [-0.3, -0.25) is 0 Å². The van der Waals surface area contributed by atoms with Gasteiger partial charge < -0.3 is 10.6 Å². The van der Waals surface area contributed by atoms with Gasteiger partial charge in [-0.1, -0.05) is 39.3 Å². The van der Waals surface area contributed by atoms with Crippen LogP contribution >= 0.6 is 11.6 Å². The van der Waals surface area contributed by atoms with Crippen LogP contribution in [0.3, 0.4) is 0 Å². The van der Waals surface area contributed by atoms with Crippen molar-refractivity contribution in [2.75, 3.05) is 23.7 Å². The normalized spacial score (nSPS) is 11.2. The first kappa shape index (κ1) is 14.0. The molecule has 0 aliphatic rings. The van der Waals surface area contributed by atoms with E-state index < -0.39 is 0 Å². The van der Waals surface area contributed by atoms with E-state index in [-0.39, 0.29) is 5.95 Å². The zero-order valence-electron chi connectivity index (χ0n) is 10.9. The minimum atomic E-state index is 0.266. The Morgan fingerprint density at radius 2 is 1.76 bits per heavy atom. The molecule has 0 saturated heterocycles. The molecule has 5 heteroatoms. The molecular weight excluding hydrogens is 236 g/mol. The molecule has 1 aromatic rings. The van der Waals surface area contributed by atoms with Gasteiger partial charge in [0.15, 0.2) is 5.82 Å². The van der Waals surface area contributed by atoms with E-state index in [4.69, 9.17) is 17.3 Å². The number of rotatable bonds is 5. The van der Waals surface area contributed by atoms with Gasteiger partial charge >= 0.3 is 0 Å². The summed E-state index contributed by atoms with van der Waals surface area (Å²) in [6, 6.07) is 0. The third kappa shape index (κ3) is 4.38. The number of anilines is 2. The Balaban J connectivity index is 2.98. The second-order valence-electron chi connectivity index (χ2n) is 5.09. The molecule has 96 valence electrons. The maximum atomic E-state index is 6.14. The Morgan fingerprint density at radius 3 is 2.24 bits per heavy atom. The van der Waals surface area contributed by atoms with Crippen molar-refractivity contribution in [2.24, 2.45) is 11.8 Å². The molecule has 0 saturated carbocycles. The van der Waals surface area contributed by atoms with Crippen LogP contribution in [0, 0.1) is 11.8 Å². The lowest BCUT2D eigenvalue weighted by atomic mass is 10.1. The van der Waals surface area contributed by atoms with Crippen molar-refractivity contribution in [3.8, 4) is 0 Å². The molecule has 0 aliphatic carbocycles. The lowest BCUT2D eigenvalue weighted by molar-refractivity contribution is 0.549. The molecule has 0 spiro atoms. The topological polar surface area (TPSA) is 55.0 Å². The van der Waals surface area contributed by atoms with Crippen molar-refractivity contribution in [3.05, 3.63) is 11.2 Å². The zero-order valence-corrected chi connectivity index (χ0v) is 11.7. The molecule has 1 aromatic heterocycles. The molecule has 0 aliphatic heterocycles. The van der Waals surface area contributed by atoms with Crippen molar-refractivity contribution in [1.82, 2.24) is 9.97 Å². The minimum Gasteiger partial charge on any atom is -0.368 e. The lowest BCUT2D eigenvalue weighted by Crippen LogP contribution is -2.32. The fraction of sp³-hybridized carbons (Fsp3) is 0.667. The molecule has 1 rings (SSSR count). The smallest absolute Gasteiger partial charge is 0.222 e. The molecule has 4 nitrogen and oxygen atoms in total. The van der Waals surface area contributed by atoms with Crippen LogP contribution in [0.25, 0.3) is 0 Å². The highest BCUT2D eigenvalue weighted by molar-refractivity contribution is 6.32. The van der Waals surface area contributed by atoms with Gasteiger partial charge in [0.25, 0.3) is 0 Å². The number of hydrogen-bond acceptors (Lipinski definition) is 4. The van der Waals surface area contributed by atoms with Gasteiger partial charge in [-0.25, -0.2) is 4.98 Å². The Kier molecular flexibility index (Phi) is 5.00. The van der Waals surface area contributed by atoms with E-state index in [1.165, 1.54) is 0 Å². The van der Waals surface area contributed by atoms with E-state index in [1.807, 2.05) is 0 Å². The van der Waals surface area contributed by atoms with Crippen molar-refractivity contribution < 1.29 is 0 Å². The van der Waals surface area contributed by atoms with E-state index in [2.05, 4.69) is 42.6 Å². The predicted molar refractivity (Wildman–Crippen MR) is 73.3 cm³/mol. The molecule has 0 aromatic carbocycles. The summed E-state index contributed by atoms with van der Waals surface area (Å²) in [5, 5.41) is 0.556. The summed E-state index contributed by atoms with van der Waals surface area (Å²) >= 11 is 6.14. The van der Waals surface area contributed by atoms with E-state index in [0.717, 1.165) is 18.9 Å². The molecule has 0 bridgehead atoms. The predicted octanol–water partition coefficient (Wildman–Crippen LogP) is 2.83. The van der Waals surface area contributed by atoms with Crippen LogP contribution < -0.4 is 10.6 Å². The lowest BCUT2D eigenvalue weighted by Gasteiger charge is -2.28. The maximum Gasteiger partial charge on any atom is 0.222 e. The first-order chi connectivity index (χ1) is 7.90. The fourth-order valence-corrected chi connectivity index (χ4v) is 1.93.